The maximum Gasteiger partial charge on any atom is 0.255 e. The number of anilines is 1. The van der Waals surface area contributed by atoms with Crippen LogP contribution in [-0.4, -0.2) is 16.8 Å². The number of nitrogens with two attached hydrogens (primary N) is 1. The van der Waals surface area contributed by atoms with Crippen molar-refractivity contribution in [1.29, 1.82) is 0 Å². The van der Waals surface area contributed by atoms with E-state index in [9.17, 15) is 21.2 Å². The van der Waals surface area contributed by atoms with Crippen LogP contribution in [-0.2, 0) is 20.0 Å². The molecular weight excluding hydrogens is 379 g/mol. The third-order valence-electron chi connectivity index (χ3n) is 2.83. The van der Waals surface area contributed by atoms with Crippen LogP contribution in [0.3, 0.4) is 0 Å². The van der Waals surface area contributed by atoms with E-state index in [1.165, 1.54) is 6.08 Å². The molecule has 0 aliphatic heterocycles. The molecule has 24 heavy (non-hydrogen) atoms. The minimum atomic E-state index is -4.08. The molecule has 2 aromatic rings. The van der Waals surface area contributed by atoms with Gasteiger partial charge >= 0.3 is 0 Å². The molecule has 0 saturated carbocycles. The Bertz CT molecular complexity index is 988. The van der Waals surface area contributed by atoms with Crippen molar-refractivity contribution in [2.24, 2.45) is 5.14 Å². The van der Waals surface area contributed by atoms with Gasteiger partial charge in [0, 0.05) is 5.02 Å². The van der Waals surface area contributed by atoms with Gasteiger partial charge in [0.25, 0.3) is 10.0 Å². The van der Waals surface area contributed by atoms with Crippen LogP contribution in [0.2, 0.25) is 5.02 Å². The third-order valence-corrected chi connectivity index (χ3v) is 4.99. The Kier molecular flexibility index (Phi) is 5.29. The predicted molar refractivity (Wildman–Crippen MR) is 90.8 cm³/mol. The van der Waals surface area contributed by atoms with Crippen molar-refractivity contribution >= 4 is 43.4 Å². The molecule has 0 saturated heterocycles. The maximum absolute atomic E-state index is 13.8. The van der Waals surface area contributed by atoms with Crippen LogP contribution in [0.15, 0.2) is 52.8 Å². The molecule has 128 valence electrons. The smallest absolute Gasteiger partial charge is 0.255 e. The molecule has 10 heteroatoms. The summed E-state index contributed by atoms with van der Waals surface area (Å²) in [4.78, 5) is -0.459. The fourth-order valence-electron chi connectivity index (χ4n) is 1.68. The summed E-state index contributed by atoms with van der Waals surface area (Å²) in [5.41, 5.74) is 0.179. The summed E-state index contributed by atoms with van der Waals surface area (Å²) >= 11 is 5.72. The van der Waals surface area contributed by atoms with Gasteiger partial charge in [-0.2, -0.15) is 0 Å². The zero-order valence-corrected chi connectivity index (χ0v) is 14.4. The van der Waals surface area contributed by atoms with Gasteiger partial charge in [-0.3, -0.25) is 4.72 Å². The van der Waals surface area contributed by atoms with Crippen LogP contribution >= 0.6 is 11.6 Å². The Morgan fingerprint density at radius 2 is 1.67 bits per heavy atom. The Morgan fingerprint density at radius 3 is 2.21 bits per heavy atom. The molecular formula is C14H12ClFN2O4S2. The molecule has 0 amide bonds. The SMILES string of the molecule is NS(=O)(=O)c1ccc(NS(=O)(=O)C=Cc2ccc(Cl)cc2)c(F)c1. The first-order valence-corrected chi connectivity index (χ1v) is 9.83. The van der Waals surface area contributed by atoms with E-state index in [1.807, 2.05) is 4.72 Å². The zero-order valence-electron chi connectivity index (χ0n) is 12.0. The highest BCUT2D eigenvalue weighted by molar-refractivity contribution is 7.95. The van der Waals surface area contributed by atoms with Crippen LogP contribution in [0.25, 0.3) is 6.08 Å². The van der Waals surface area contributed by atoms with Crippen molar-refractivity contribution in [1.82, 2.24) is 0 Å². The second-order valence-corrected chi connectivity index (χ2v) is 8.25. The van der Waals surface area contributed by atoms with Crippen LogP contribution in [0.4, 0.5) is 10.1 Å². The van der Waals surface area contributed by atoms with E-state index >= 15 is 0 Å². The van der Waals surface area contributed by atoms with Crippen molar-refractivity contribution in [2.45, 2.75) is 4.90 Å². The van der Waals surface area contributed by atoms with Gasteiger partial charge in [0.1, 0.15) is 5.82 Å². The van der Waals surface area contributed by atoms with E-state index in [0.717, 1.165) is 17.5 Å². The second-order valence-electron chi connectivity index (χ2n) is 4.69. The van der Waals surface area contributed by atoms with Gasteiger partial charge in [-0.05, 0) is 42.0 Å². The van der Waals surface area contributed by atoms with Crippen LogP contribution in [0.1, 0.15) is 5.56 Å². The van der Waals surface area contributed by atoms with E-state index in [1.54, 1.807) is 24.3 Å². The summed E-state index contributed by atoms with van der Waals surface area (Å²) in [5, 5.41) is 6.23. The summed E-state index contributed by atoms with van der Waals surface area (Å²) in [6.45, 7) is 0. The topological polar surface area (TPSA) is 106 Å². The largest absolute Gasteiger partial charge is 0.277 e. The molecule has 0 aliphatic rings. The average Bonchev–Trinajstić information content (AvgIpc) is 2.47. The van der Waals surface area contributed by atoms with E-state index in [0.29, 0.717) is 16.7 Å². The summed E-state index contributed by atoms with van der Waals surface area (Å²) in [6.07, 6.45) is 1.30. The summed E-state index contributed by atoms with van der Waals surface area (Å²) < 4.78 is 61.9. The Labute approximate surface area is 143 Å². The molecule has 0 radical (unpaired) electrons. The standard InChI is InChI=1S/C14H12ClFN2O4S2/c15-11-3-1-10(2-4-11)7-8-23(19,20)18-14-6-5-12(9-13(14)16)24(17,21)22/h1-9,18H,(H2,17,21,22). The molecule has 0 aromatic heterocycles. The first kappa shape index (κ1) is 18.4. The minimum absolute atomic E-state index is 0.400. The van der Waals surface area contributed by atoms with Crippen molar-refractivity contribution < 1.29 is 21.2 Å². The number of halogens is 2. The molecule has 0 heterocycles. The molecule has 0 atom stereocenters. The van der Waals surface area contributed by atoms with Crippen molar-refractivity contribution in [3.05, 3.63) is 64.3 Å². The number of hydrogen-bond donors (Lipinski definition) is 2. The zero-order chi connectivity index (χ0) is 18.0. The van der Waals surface area contributed by atoms with Gasteiger partial charge < -0.3 is 0 Å². The molecule has 0 spiro atoms. The Balaban J connectivity index is 2.21. The van der Waals surface area contributed by atoms with Gasteiger partial charge in [-0.1, -0.05) is 23.7 Å². The van der Waals surface area contributed by atoms with E-state index < -0.39 is 36.4 Å². The lowest BCUT2D eigenvalue weighted by Gasteiger charge is -2.07. The number of primary sulfonamides is 1. The number of sulfonamides is 2. The van der Waals surface area contributed by atoms with Gasteiger partial charge in [0.2, 0.25) is 10.0 Å². The number of hydrogen-bond acceptors (Lipinski definition) is 4. The highest BCUT2D eigenvalue weighted by Crippen LogP contribution is 2.20. The second kappa shape index (κ2) is 6.89. The molecule has 0 aliphatic carbocycles. The van der Waals surface area contributed by atoms with Crippen LogP contribution < -0.4 is 9.86 Å². The lowest BCUT2D eigenvalue weighted by molar-refractivity contribution is 0.593. The predicted octanol–water partition coefficient (Wildman–Crippen LogP) is 2.54. The van der Waals surface area contributed by atoms with Crippen LogP contribution in [0, 0.1) is 5.82 Å². The Hall–Kier alpha value is -1.94. The van der Waals surface area contributed by atoms with E-state index in [2.05, 4.69) is 0 Å². The maximum atomic E-state index is 13.8. The minimum Gasteiger partial charge on any atom is -0.277 e. The summed E-state index contributed by atoms with van der Waals surface area (Å²) in [5.74, 6) is -1.06. The average molecular weight is 391 g/mol. The summed E-state index contributed by atoms with van der Waals surface area (Å²) in [7, 11) is -8.08. The first-order chi connectivity index (χ1) is 11.1. The first-order valence-electron chi connectivity index (χ1n) is 6.36. The fraction of sp³-hybridized carbons (Fsp3) is 0. The van der Waals surface area contributed by atoms with Crippen molar-refractivity contribution in [3.63, 3.8) is 0 Å². The van der Waals surface area contributed by atoms with Crippen molar-refractivity contribution in [3.8, 4) is 0 Å². The monoisotopic (exact) mass is 390 g/mol. The molecule has 0 bridgehead atoms. The van der Waals surface area contributed by atoms with Crippen molar-refractivity contribution in [2.75, 3.05) is 4.72 Å². The van der Waals surface area contributed by atoms with E-state index in [4.69, 9.17) is 16.7 Å². The fourth-order valence-corrected chi connectivity index (χ4v) is 3.21. The quantitative estimate of drug-likeness (QED) is 0.818. The number of nitrogens with one attached hydrogen (secondary N) is 1. The normalized spacial score (nSPS) is 12.5. The highest BCUT2D eigenvalue weighted by atomic mass is 35.5. The van der Waals surface area contributed by atoms with E-state index in [-0.39, 0.29) is 0 Å². The van der Waals surface area contributed by atoms with Gasteiger partial charge in [0.05, 0.1) is 16.0 Å². The third kappa shape index (κ3) is 5.03. The Morgan fingerprint density at radius 1 is 1.04 bits per heavy atom. The highest BCUT2D eigenvalue weighted by Gasteiger charge is 2.14. The van der Waals surface area contributed by atoms with Gasteiger partial charge in [-0.15, -0.1) is 0 Å². The lowest BCUT2D eigenvalue weighted by atomic mass is 10.2. The number of benzene rings is 2. The molecule has 2 rings (SSSR count). The number of rotatable bonds is 5. The summed E-state index contributed by atoms with van der Waals surface area (Å²) in [6, 6.07) is 9.00. The molecule has 3 N–H and O–H groups in total. The molecule has 2 aromatic carbocycles. The molecule has 6 nitrogen and oxygen atoms in total. The lowest BCUT2D eigenvalue weighted by Crippen LogP contribution is -2.14. The molecule has 0 fully saturated rings. The van der Waals surface area contributed by atoms with Crippen LogP contribution in [0.5, 0.6) is 0 Å². The van der Waals surface area contributed by atoms with Gasteiger partial charge in [0.15, 0.2) is 0 Å². The van der Waals surface area contributed by atoms with Gasteiger partial charge in [-0.25, -0.2) is 26.4 Å². The molecule has 0 unspecified atom stereocenters.